The van der Waals surface area contributed by atoms with E-state index < -0.39 is 11.8 Å². The molecule has 0 saturated heterocycles. The molecule has 34 heavy (non-hydrogen) atoms. The molecule has 0 atom stereocenters. The minimum Gasteiger partial charge on any atom is -0.456 e. The largest absolute Gasteiger partial charge is 0.456 e. The third kappa shape index (κ3) is 4.17. The molecule has 3 nitrogen and oxygen atoms in total. The smallest absolute Gasteiger partial charge is 0.335 e. The van der Waals surface area contributed by atoms with Gasteiger partial charge in [-0.1, -0.05) is 67.1 Å². The summed E-state index contributed by atoms with van der Waals surface area (Å²) in [6.07, 6.45) is 4.17. The fourth-order valence-electron chi connectivity index (χ4n) is 4.39. The second-order valence-electron chi connectivity index (χ2n) is 8.31. The van der Waals surface area contributed by atoms with Gasteiger partial charge in [0.15, 0.2) is 0 Å². The summed E-state index contributed by atoms with van der Waals surface area (Å²) >= 11 is 6.59. The van der Waals surface area contributed by atoms with Crippen molar-refractivity contribution in [1.29, 1.82) is 0 Å². The summed E-state index contributed by atoms with van der Waals surface area (Å²) in [5.41, 5.74) is 3.92. The number of carbonyl (C=O) groups is 1. The fourth-order valence-corrected chi connectivity index (χ4v) is 4.66. The molecule has 1 aliphatic carbocycles. The maximum atomic E-state index is 14.0. The normalized spacial score (nSPS) is 14.4. The number of esters is 1. The van der Waals surface area contributed by atoms with Crippen molar-refractivity contribution in [3.63, 3.8) is 0 Å². The van der Waals surface area contributed by atoms with Crippen LogP contribution in [0.1, 0.15) is 36.1 Å². The van der Waals surface area contributed by atoms with Crippen LogP contribution in [0.25, 0.3) is 22.1 Å². The number of benzene rings is 3. The Morgan fingerprint density at radius 1 is 1.03 bits per heavy atom. The van der Waals surface area contributed by atoms with E-state index >= 15 is 0 Å². The number of carbonyl (C=O) groups excluding carboxylic acids is 1. The number of halogens is 2. The quantitative estimate of drug-likeness (QED) is 0.123. The molecule has 0 N–H and O–H groups in total. The van der Waals surface area contributed by atoms with E-state index in [9.17, 15) is 9.18 Å². The SMILES string of the molecule is C=CC(=O)Oc1ccccc1/C(=C(/c1ccc(F)cc1Cl)C1CCC1)c1cc2ccccc2o1. The van der Waals surface area contributed by atoms with Gasteiger partial charge in [0.25, 0.3) is 0 Å². The molecule has 0 amide bonds. The van der Waals surface area contributed by atoms with Gasteiger partial charge in [-0.15, -0.1) is 0 Å². The van der Waals surface area contributed by atoms with Crippen molar-refractivity contribution in [2.24, 2.45) is 5.92 Å². The molecule has 4 aromatic rings. The number of hydrogen-bond acceptors (Lipinski definition) is 3. The highest BCUT2D eigenvalue weighted by Gasteiger charge is 2.31. The average molecular weight is 473 g/mol. The second-order valence-corrected chi connectivity index (χ2v) is 8.72. The van der Waals surface area contributed by atoms with Gasteiger partial charge in [0.2, 0.25) is 0 Å². The lowest BCUT2D eigenvalue weighted by atomic mass is 9.73. The Morgan fingerprint density at radius 2 is 1.79 bits per heavy atom. The van der Waals surface area contributed by atoms with Gasteiger partial charge in [-0.05, 0) is 60.2 Å². The molecular weight excluding hydrogens is 451 g/mol. The molecule has 0 unspecified atom stereocenters. The van der Waals surface area contributed by atoms with Crippen molar-refractivity contribution in [3.05, 3.63) is 113 Å². The molecule has 0 bridgehead atoms. The van der Waals surface area contributed by atoms with Crippen LogP contribution >= 0.6 is 11.6 Å². The number of allylic oxidation sites excluding steroid dienone is 1. The number of fused-ring (bicyclic) bond motifs is 1. The van der Waals surface area contributed by atoms with Crippen molar-refractivity contribution in [2.75, 3.05) is 0 Å². The van der Waals surface area contributed by atoms with E-state index in [1.807, 2.05) is 42.5 Å². The molecular formula is C29H22ClFO3. The summed E-state index contributed by atoms with van der Waals surface area (Å²) in [6.45, 7) is 3.51. The maximum Gasteiger partial charge on any atom is 0.335 e. The van der Waals surface area contributed by atoms with Gasteiger partial charge in [-0.2, -0.15) is 0 Å². The van der Waals surface area contributed by atoms with Crippen molar-refractivity contribution >= 4 is 39.7 Å². The molecule has 0 spiro atoms. The number of furan rings is 1. The van der Waals surface area contributed by atoms with E-state index in [0.717, 1.165) is 53.0 Å². The summed E-state index contributed by atoms with van der Waals surface area (Å²) in [6, 6.07) is 21.5. The predicted octanol–water partition coefficient (Wildman–Crippen LogP) is 8.08. The third-order valence-corrected chi connectivity index (χ3v) is 6.52. The number of hydrogen-bond donors (Lipinski definition) is 0. The van der Waals surface area contributed by atoms with Crippen LogP contribution in [-0.4, -0.2) is 5.97 Å². The zero-order valence-electron chi connectivity index (χ0n) is 18.4. The van der Waals surface area contributed by atoms with E-state index in [0.29, 0.717) is 22.1 Å². The van der Waals surface area contributed by atoms with Gasteiger partial charge in [-0.3, -0.25) is 0 Å². The van der Waals surface area contributed by atoms with E-state index in [2.05, 4.69) is 6.58 Å². The Morgan fingerprint density at radius 3 is 2.50 bits per heavy atom. The standard InChI is InChI=1S/C29H22ClFO3/c1-2-27(32)34-25-13-6-4-11-22(25)29(26-16-19-8-3-5-12-24(19)33-26)28(18-9-7-10-18)21-15-14-20(31)17-23(21)30/h2-6,8,11-18H,1,7,9-10H2/b29-28-. The van der Waals surface area contributed by atoms with Gasteiger partial charge in [0, 0.05) is 22.6 Å². The number of ether oxygens (including phenoxy) is 1. The monoisotopic (exact) mass is 472 g/mol. The molecule has 1 aliphatic rings. The van der Waals surface area contributed by atoms with Gasteiger partial charge in [-0.25, -0.2) is 9.18 Å². The maximum absolute atomic E-state index is 14.0. The number of rotatable bonds is 6. The summed E-state index contributed by atoms with van der Waals surface area (Å²) in [4.78, 5) is 12.1. The first-order valence-corrected chi connectivity index (χ1v) is 11.5. The van der Waals surface area contributed by atoms with Gasteiger partial charge < -0.3 is 9.15 Å². The molecule has 1 fully saturated rings. The highest BCUT2D eigenvalue weighted by Crippen LogP contribution is 2.48. The minimum atomic E-state index is -0.554. The van der Waals surface area contributed by atoms with Crippen LogP contribution in [0, 0.1) is 11.7 Å². The van der Waals surface area contributed by atoms with Crippen LogP contribution in [0.3, 0.4) is 0 Å². The van der Waals surface area contributed by atoms with Crippen LogP contribution in [-0.2, 0) is 4.79 Å². The van der Waals surface area contributed by atoms with Crippen LogP contribution in [0.2, 0.25) is 5.02 Å². The number of para-hydroxylation sites is 2. The summed E-state index contributed by atoms with van der Waals surface area (Å²) in [5.74, 6) is 0.270. The average Bonchev–Trinajstić information content (AvgIpc) is 3.22. The first-order chi connectivity index (χ1) is 16.5. The van der Waals surface area contributed by atoms with Crippen LogP contribution in [0.5, 0.6) is 5.75 Å². The molecule has 1 aromatic heterocycles. The van der Waals surface area contributed by atoms with Gasteiger partial charge in [0.1, 0.15) is 22.9 Å². The highest BCUT2D eigenvalue weighted by atomic mass is 35.5. The Labute approximate surface area is 202 Å². The fraction of sp³-hybridized carbons (Fsp3) is 0.138. The molecule has 170 valence electrons. The molecule has 0 radical (unpaired) electrons. The molecule has 3 aromatic carbocycles. The molecule has 5 heteroatoms. The van der Waals surface area contributed by atoms with Crippen LogP contribution in [0.15, 0.2) is 89.9 Å². The Kier molecular flexibility index (Phi) is 6.08. The summed E-state index contributed by atoms with van der Waals surface area (Å²) < 4.78 is 25.9. The highest BCUT2D eigenvalue weighted by molar-refractivity contribution is 6.32. The van der Waals surface area contributed by atoms with Crippen LogP contribution in [0.4, 0.5) is 4.39 Å². The Bertz CT molecular complexity index is 1400. The van der Waals surface area contributed by atoms with Crippen molar-refractivity contribution < 1.29 is 18.3 Å². The first kappa shape index (κ1) is 22.2. The minimum absolute atomic E-state index is 0.203. The zero-order chi connectivity index (χ0) is 23.7. The van der Waals surface area contributed by atoms with Crippen LogP contribution < -0.4 is 4.74 Å². The first-order valence-electron chi connectivity index (χ1n) is 11.2. The van der Waals surface area contributed by atoms with Crippen molar-refractivity contribution in [3.8, 4) is 5.75 Å². The van der Waals surface area contributed by atoms with Gasteiger partial charge in [0.05, 0.1) is 5.02 Å². The summed E-state index contributed by atoms with van der Waals surface area (Å²) in [7, 11) is 0. The Balaban J connectivity index is 1.84. The molecule has 0 aliphatic heterocycles. The van der Waals surface area contributed by atoms with E-state index in [1.165, 1.54) is 12.1 Å². The molecule has 5 rings (SSSR count). The van der Waals surface area contributed by atoms with Gasteiger partial charge >= 0.3 is 5.97 Å². The van der Waals surface area contributed by atoms with E-state index in [-0.39, 0.29) is 5.92 Å². The second kappa shape index (κ2) is 9.32. The van der Waals surface area contributed by atoms with Crippen molar-refractivity contribution in [1.82, 2.24) is 0 Å². The zero-order valence-corrected chi connectivity index (χ0v) is 19.1. The predicted molar refractivity (Wildman–Crippen MR) is 133 cm³/mol. The lowest BCUT2D eigenvalue weighted by molar-refractivity contribution is -0.128. The Hall–Kier alpha value is -3.63. The topological polar surface area (TPSA) is 39.4 Å². The van der Waals surface area contributed by atoms with E-state index in [4.69, 9.17) is 20.8 Å². The van der Waals surface area contributed by atoms with E-state index in [1.54, 1.807) is 18.2 Å². The summed E-state index contributed by atoms with van der Waals surface area (Å²) in [5, 5.41) is 1.28. The molecule has 1 heterocycles. The lowest BCUT2D eigenvalue weighted by Gasteiger charge is -2.31. The third-order valence-electron chi connectivity index (χ3n) is 6.21. The lowest BCUT2D eigenvalue weighted by Crippen LogP contribution is -2.16. The molecule has 1 saturated carbocycles. The van der Waals surface area contributed by atoms with Crippen molar-refractivity contribution in [2.45, 2.75) is 19.3 Å².